The lowest BCUT2D eigenvalue weighted by Crippen LogP contribution is -2.41. The van der Waals surface area contributed by atoms with Crippen molar-refractivity contribution < 1.29 is 18.1 Å². The van der Waals surface area contributed by atoms with Crippen LogP contribution in [0.25, 0.3) is 49.6 Å². The van der Waals surface area contributed by atoms with Crippen molar-refractivity contribution in [2.45, 2.75) is 51.7 Å². The van der Waals surface area contributed by atoms with E-state index in [4.69, 9.17) is 18.1 Å². The fraction of sp³-hybridized carbons (Fsp3) is 0.250. The molecule has 0 atom stereocenters. The Balaban J connectivity index is 1.29. The standard InChI is InChI=1S/C32H29BO4/c1-31(2)32(3,4)37-33(36-31)25-11-8-12-27-30(25)24-15-13-22(18-29(24)35-27)21-14-16-26-23(17-21)19-28(34-26)20-9-6-5-7-10-20/h6,8-19H,5,7H2,1-4H3. The lowest BCUT2D eigenvalue weighted by molar-refractivity contribution is 0.00578. The van der Waals surface area contributed by atoms with Gasteiger partial charge in [0.1, 0.15) is 22.5 Å². The summed E-state index contributed by atoms with van der Waals surface area (Å²) in [4.78, 5) is 0. The second-order valence-electron chi connectivity index (χ2n) is 11.1. The Hall–Kier alpha value is -3.54. The molecule has 0 radical (unpaired) electrons. The third-order valence-electron chi connectivity index (χ3n) is 8.17. The molecule has 3 aromatic carbocycles. The van der Waals surface area contributed by atoms with E-state index >= 15 is 0 Å². The number of hydrogen-bond acceptors (Lipinski definition) is 4. The topological polar surface area (TPSA) is 44.7 Å². The molecule has 1 aliphatic carbocycles. The molecule has 1 fully saturated rings. The molecule has 5 heteroatoms. The summed E-state index contributed by atoms with van der Waals surface area (Å²) >= 11 is 0. The zero-order valence-corrected chi connectivity index (χ0v) is 21.6. The fourth-order valence-corrected chi connectivity index (χ4v) is 5.36. The predicted molar refractivity (Wildman–Crippen MR) is 151 cm³/mol. The van der Waals surface area contributed by atoms with Crippen molar-refractivity contribution in [1.29, 1.82) is 0 Å². The molecular weight excluding hydrogens is 459 g/mol. The van der Waals surface area contributed by atoms with Crippen molar-refractivity contribution in [1.82, 2.24) is 0 Å². The van der Waals surface area contributed by atoms with Crippen LogP contribution in [0, 0.1) is 0 Å². The molecule has 0 unspecified atom stereocenters. The average molecular weight is 488 g/mol. The highest BCUT2D eigenvalue weighted by atomic mass is 16.7. The molecule has 0 bridgehead atoms. The summed E-state index contributed by atoms with van der Waals surface area (Å²) in [5.41, 5.74) is 6.17. The maximum atomic E-state index is 6.38. The van der Waals surface area contributed by atoms with Crippen LogP contribution in [0.4, 0.5) is 0 Å². The quantitative estimate of drug-likeness (QED) is 0.241. The van der Waals surface area contributed by atoms with Crippen LogP contribution in [0.5, 0.6) is 0 Å². The molecule has 7 rings (SSSR count). The zero-order chi connectivity index (χ0) is 25.4. The zero-order valence-electron chi connectivity index (χ0n) is 21.6. The van der Waals surface area contributed by atoms with Gasteiger partial charge >= 0.3 is 7.12 Å². The minimum atomic E-state index is -0.444. The molecule has 1 aliphatic heterocycles. The van der Waals surface area contributed by atoms with Crippen molar-refractivity contribution in [2.24, 2.45) is 0 Å². The Morgan fingerprint density at radius 1 is 0.730 bits per heavy atom. The monoisotopic (exact) mass is 488 g/mol. The molecule has 2 aliphatic rings. The molecule has 3 heterocycles. The van der Waals surface area contributed by atoms with E-state index in [1.165, 1.54) is 0 Å². The van der Waals surface area contributed by atoms with E-state index in [2.05, 4.69) is 94.5 Å². The van der Waals surface area contributed by atoms with Crippen LogP contribution < -0.4 is 5.46 Å². The van der Waals surface area contributed by atoms with Gasteiger partial charge in [-0.15, -0.1) is 0 Å². The second kappa shape index (κ2) is 7.98. The number of furan rings is 2. The van der Waals surface area contributed by atoms with Gasteiger partial charge in [-0.2, -0.15) is 0 Å². The van der Waals surface area contributed by atoms with Crippen molar-refractivity contribution in [3.63, 3.8) is 0 Å². The summed E-state index contributed by atoms with van der Waals surface area (Å²) < 4.78 is 25.2. The first kappa shape index (κ1) is 22.6. The Morgan fingerprint density at radius 2 is 1.51 bits per heavy atom. The first-order valence-corrected chi connectivity index (χ1v) is 13.0. The van der Waals surface area contributed by atoms with E-state index < -0.39 is 18.3 Å². The summed E-state index contributed by atoms with van der Waals surface area (Å²) in [6.45, 7) is 8.32. The van der Waals surface area contributed by atoms with Crippen LogP contribution in [0.1, 0.15) is 46.3 Å². The van der Waals surface area contributed by atoms with E-state index in [1.807, 2.05) is 12.1 Å². The van der Waals surface area contributed by atoms with Gasteiger partial charge in [0.05, 0.1) is 11.2 Å². The van der Waals surface area contributed by atoms with E-state index in [0.717, 1.165) is 73.7 Å². The van der Waals surface area contributed by atoms with Crippen LogP contribution in [0.3, 0.4) is 0 Å². The van der Waals surface area contributed by atoms with Gasteiger partial charge in [0.2, 0.25) is 0 Å². The second-order valence-corrected chi connectivity index (χ2v) is 11.1. The van der Waals surface area contributed by atoms with Crippen LogP contribution >= 0.6 is 0 Å². The molecule has 0 amide bonds. The minimum absolute atomic E-state index is 0.401. The maximum absolute atomic E-state index is 6.38. The largest absolute Gasteiger partial charge is 0.495 e. The first-order chi connectivity index (χ1) is 17.8. The van der Waals surface area contributed by atoms with Gasteiger partial charge in [0, 0.05) is 21.7 Å². The van der Waals surface area contributed by atoms with Crippen LogP contribution in [0.2, 0.25) is 0 Å². The molecule has 1 saturated heterocycles. The van der Waals surface area contributed by atoms with Gasteiger partial charge in [-0.05, 0) is 93.5 Å². The van der Waals surface area contributed by atoms with Crippen molar-refractivity contribution in [3.05, 3.63) is 84.7 Å². The normalized spacial score (nSPS) is 18.8. The SMILES string of the molecule is CC1(C)OB(c2cccc3oc4cc(-c5ccc6oc(C7=CCCC=C7)cc6c5)ccc4c23)OC1(C)C. The molecule has 0 saturated carbocycles. The lowest BCUT2D eigenvalue weighted by atomic mass is 9.76. The van der Waals surface area contributed by atoms with E-state index in [9.17, 15) is 0 Å². The van der Waals surface area contributed by atoms with Crippen LogP contribution in [-0.2, 0) is 9.31 Å². The summed E-state index contributed by atoms with van der Waals surface area (Å²) in [6.07, 6.45) is 8.74. The van der Waals surface area contributed by atoms with Gasteiger partial charge in [-0.1, -0.05) is 42.5 Å². The van der Waals surface area contributed by atoms with Gasteiger partial charge in [-0.25, -0.2) is 0 Å². The molecule has 4 nitrogen and oxygen atoms in total. The van der Waals surface area contributed by atoms with Crippen molar-refractivity contribution in [2.75, 3.05) is 0 Å². The average Bonchev–Trinajstić information content (AvgIpc) is 3.54. The van der Waals surface area contributed by atoms with E-state index in [0.29, 0.717) is 0 Å². The van der Waals surface area contributed by atoms with Crippen LogP contribution in [0.15, 0.2) is 87.7 Å². The van der Waals surface area contributed by atoms with Gasteiger partial charge in [-0.3, -0.25) is 0 Å². The Morgan fingerprint density at radius 3 is 2.30 bits per heavy atom. The highest BCUT2D eigenvalue weighted by Crippen LogP contribution is 2.39. The van der Waals surface area contributed by atoms with Crippen molar-refractivity contribution >= 4 is 51.1 Å². The Kier molecular flexibility index (Phi) is 4.88. The molecule has 5 aromatic rings. The highest BCUT2D eigenvalue weighted by Gasteiger charge is 2.52. The fourth-order valence-electron chi connectivity index (χ4n) is 5.36. The summed E-state index contributed by atoms with van der Waals surface area (Å²) in [7, 11) is -0.444. The minimum Gasteiger partial charge on any atom is -0.456 e. The highest BCUT2D eigenvalue weighted by molar-refractivity contribution is 6.66. The number of rotatable bonds is 3. The number of hydrogen-bond donors (Lipinski definition) is 0. The van der Waals surface area contributed by atoms with E-state index in [1.54, 1.807) is 0 Å². The number of allylic oxidation sites excluding steroid dienone is 4. The summed E-state index contributed by atoms with van der Waals surface area (Å²) in [5.74, 6) is 0.922. The lowest BCUT2D eigenvalue weighted by Gasteiger charge is -2.32. The predicted octanol–water partition coefficient (Wildman–Crippen LogP) is 8.03. The van der Waals surface area contributed by atoms with Crippen molar-refractivity contribution in [3.8, 4) is 11.1 Å². The van der Waals surface area contributed by atoms with Gasteiger partial charge in [0.25, 0.3) is 0 Å². The molecular formula is C32H29BO4. The molecule has 2 aromatic heterocycles. The Labute approximate surface area is 216 Å². The maximum Gasteiger partial charge on any atom is 0.495 e. The molecule has 184 valence electrons. The number of benzene rings is 3. The Bertz CT molecular complexity index is 1730. The first-order valence-electron chi connectivity index (χ1n) is 13.0. The van der Waals surface area contributed by atoms with Gasteiger partial charge in [0.15, 0.2) is 0 Å². The summed E-state index contributed by atoms with van der Waals surface area (Å²) in [6, 6.07) is 21.0. The molecule has 0 N–H and O–H groups in total. The molecule has 37 heavy (non-hydrogen) atoms. The smallest absolute Gasteiger partial charge is 0.456 e. The third kappa shape index (κ3) is 3.60. The van der Waals surface area contributed by atoms with Gasteiger partial charge < -0.3 is 18.1 Å². The number of fused-ring (bicyclic) bond motifs is 4. The van der Waals surface area contributed by atoms with E-state index in [-0.39, 0.29) is 0 Å². The third-order valence-corrected chi connectivity index (χ3v) is 8.17. The summed E-state index contributed by atoms with van der Waals surface area (Å²) in [5, 5.41) is 3.21. The van der Waals surface area contributed by atoms with Crippen LogP contribution in [-0.4, -0.2) is 18.3 Å². The molecule has 0 spiro atoms.